The van der Waals surface area contributed by atoms with Crippen molar-refractivity contribution in [1.29, 1.82) is 5.26 Å². The van der Waals surface area contributed by atoms with E-state index in [2.05, 4.69) is 6.07 Å². The third-order valence-corrected chi connectivity index (χ3v) is 3.46. The molecular formula is C10H10ClNS. The molecule has 1 atom stereocenters. The zero-order chi connectivity index (χ0) is 9.73. The van der Waals surface area contributed by atoms with E-state index in [0.29, 0.717) is 5.88 Å². The maximum Gasteiger partial charge on any atom is 0.118 e. The highest BCUT2D eigenvalue weighted by atomic mass is 35.5. The first-order valence-electron chi connectivity index (χ1n) is 3.91. The van der Waals surface area contributed by atoms with Gasteiger partial charge in [-0.2, -0.15) is 5.26 Å². The molecule has 0 saturated heterocycles. The molecule has 0 fully saturated rings. The van der Waals surface area contributed by atoms with Gasteiger partial charge in [0.2, 0.25) is 0 Å². The smallest absolute Gasteiger partial charge is 0.118 e. The van der Waals surface area contributed by atoms with E-state index in [1.165, 1.54) is 11.8 Å². The minimum Gasteiger partial charge on any atom is -0.197 e. The number of hydrogen-bond acceptors (Lipinski definition) is 2. The summed E-state index contributed by atoms with van der Waals surface area (Å²) >= 11 is 7.21. The Bertz CT molecular complexity index is 306. The summed E-state index contributed by atoms with van der Waals surface area (Å²) < 4.78 is -0.525. The van der Waals surface area contributed by atoms with Crippen LogP contribution in [-0.4, -0.2) is 10.6 Å². The lowest BCUT2D eigenvalue weighted by Gasteiger charge is -2.16. The van der Waals surface area contributed by atoms with Gasteiger partial charge in [0.05, 0.1) is 11.9 Å². The largest absolute Gasteiger partial charge is 0.197 e. The van der Waals surface area contributed by atoms with Crippen LogP contribution in [-0.2, 0) is 0 Å². The highest BCUT2D eigenvalue weighted by Crippen LogP contribution is 2.32. The fourth-order valence-electron chi connectivity index (χ4n) is 0.829. The van der Waals surface area contributed by atoms with Gasteiger partial charge in [-0.25, -0.2) is 0 Å². The molecule has 0 aliphatic rings. The standard InChI is InChI=1S/C10H10ClNS/c1-10(7-11,8-12)13-9-5-3-2-4-6-9/h2-6H,7H2,1H3. The van der Waals surface area contributed by atoms with Gasteiger partial charge in [0, 0.05) is 4.90 Å². The van der Waals surface area contributed by atoms with Gasteiger partial charge in [-0.15, -0.1) is 23.4 Å². The van der Waals surface area contributed by atoms with Crippen molar-refractivity contribution in [2.75, 3.05) is 5.88 Å². The summed E-state index contributed by atoms with van der Waals surface area (Å²) in [6.45, 7) is 1.84. The van der Waals surface area contributed by atoms with Crippen molar-refractivity contribution in [2.45, 2.75) is 16.6 Å². The molecule has 0 N–H and O–H groups in total. The molecular weight excluding hydrogens is 202 g/mol. The summed E-state index contributed by atoms with van der Waals surface area (Å²) in [7, 11) is 0. The SMILES string of the molecule is CC(C#N)(CCl)Sc1ccccc1. The molecule has 0 aromatic heterocycles. The van der Waals surface area contributed by atoms with Gasteiger partial charge in [-0.3, -0.25) is 0 Å². The van der Waals surface area contributed by atoms with E-state index in [9.17, 15) is 0 Å². The Kier molecular flexibility index (Phi) is 3.65. The molecule has 1 rings (SSSR count). The summed E-state index contributed by atoms with van der Waals surface area (Å²) in [5.41, 5.74) is 0. The van der Waals surface area contributed by atoms with E-state index >= 15 is 0 Å². The molecule has 1 aromatic rings. The van der Waals surface area contributed by atoms with Crippen LogP contribution in [0.4, 0.5) is 0 Å². The average Bonchev–Trinajstić information content (AvgIpc) is 2.19. The number of alkyl halides is 1. The Labute approximate surface area is 87.7 Å². The van der Waals surface area contributed by atoms with Crippen LogP contribution in [0.15, 0.2) is 35.2 Å². The maximum absolute atomic E-state index is 8.89. The minimum absolute atomic E-state index is 0.336. The Morgan fingerprint density at radius 2 is 2.08 bits per heavy atom. The van der Waals surface area contributed by atoms with Crippen LogP contribution in [0, 0.1) is 11.3 Å². The van der Waals surface area contributed by atoms with Crippen LogP contribution < -0.4 is 0 Å². The molecule has 13 heavy (non-hydrogen) atoms. The molecule has 0 aliphatic carbocycles. The lowest BCUT2D eigenvalue weighted by molar-refractivity contribution is 0.922. The van der Waals surface area contributed by atoms with Gasteiger partial charge in [0.25, 0.3) is 0 Å². The second kappa shape index (κ2) is 4.55. The number of nitrogens with zero attached hydrogens (tertiary/aromatic N) is 1. The molecule has 0 bridgehead atoms. The van der Waals surface area contributed by atoms with Crippen molar-refractivity contribution in [1.82, 2.24) is 0 Å². The molecule has 3 heteroatoms. The fourth-order valence-corrected chi connectivity index (χ4v) is 1.97. The summed E-state index contributed by atoms with van der Waals surface area (Å²) in [6.07, 6.45) is 0. The molecule has 68 valence electrons. The first kappa shape index (κ1) is 10.4. The third kappa shape index (κ3) is 2.95. The van der Waals surface area contributed by atoms with Gasteiger partial charge in [0.1, 0.15) is 4.75 Å². The lowest BCUT2D eigenvalue weighted by atomic mass is 10.2. The number of hydrogen-bond donors (Lipinski definition) is 0. The molecule has 0 heterocycles. The van der Waals surface area contributed by atoms with Crippen molar-refractivity contribution in [3.05, 3.63) is 30.3 Å². The number of nitriles is 1. The highest BCUT2D eigenvalue weighted by molar-refractivity contribution is 8.01. The van der Waals surface area contributed by atoms with Gasteiger partial charge >= 0.3 is 0 Å². The van der Waals surface area contributed by atoms with Crippen LogP contribution in [0.25, 0.3) is 0 Å². The predicted molar refractivity (Wildman–Crippen MR) is 57.0 cm³/mol. The van der Waals surface area contributed by atoms with Crippen LogP contribution in [0.5, 0.6) is 0 Å². The molecule has 1 aromatic carbocycles. The monoisotopic (exact) mass is 211 g/mol. The summed E-state index contributed by atoms with van der Waals surface area (Å²) in [4.78, 5) is 1.08. The predicted octanol–water partition coefficient (Wildman–Crippen LogP) is 3.30. The normalized spacial score (nSPS) is 14.5. The molecule has 0 spiro atoms. The molecule has 0 radical (unpaired) electrons. The number of rotatable bonds is 3. The lowest BCUT2D eigenvalue weighted by Crippen LogP contribution is -2.18. The highest BCUT2D eigenvalue weighted by Gasteiger charge is 2.23. The van der Waals surface area contributed by atoms with E-state index in [1.807, 2.05) is 37.3 Å². The van der Waals surface area contributed by atoms with E-state index in [1.54, 1.807) is 0 Å². The average molecular weight is 212 g/mol. The Balaban J connectivity index is 2.75. The Hall–Kier alpha value is -0.650. The summed E-state index contributed by atoms with van der Waals surface area (Å²) in [5.74, 6) is 0.336. The third-order valence-electron chi connectivity index (χ3n) is 1.58. The van der Waals surface area contributed by atoms with Crippen molar-refractivity contribution >= 4 is 23.4 Å². The second-order valence-electron chi connectivity index (χ2n) is 2.89. The maximum atomic E-state index is 8.89. The van der Waals surface area contributed by atoms with Crippen LogP contribution >= 0.6 is 23.4 Å². The first-order chi connectivity index (χ1) is 6.20. The van der Waals surface area contributed by atoms with Gasteiger partial charge in [-0.05, 0) is 19.1 Å². The number of halogens is 1. The second-order valence-corrected chi connectivity index (χ2v) is 4.74. The molecule has 0 amide bonds. The van der Waals surface area contributed by atoms with Crippen molar-refractivity contribution < 1.29 is 0 Å². The quantitative estimate of drug-likeness (QED) is 0.566. The van der Waals surface area contributed by atoms with Crippen LogP contribution in [0.1, 0.15) is 6.92 Å². The molecule has 1 nitrogen and oxygen atoms in total. The van der Waals surface area contributed by atoms with Gasteiger partial charge < -0.3 is 0 Å². The van der Waals surface area contributed by atoms with E-state index in [4.69, 9.17) is 16.9 Å². The van der Waals surface area contributed by atoms with Gasteiger partial charge in [0.15, 0.2) is 0 Å². The Morgan fingerprint density at radius 1 is 1.46 bits per heavy atom. The summed E-state index contributed by atoms with van der Waals surface area (Å²) in [5, 5.41) is 8.89. The first-order valence-corrected chi connectivity index (χ1v) is 5.26. The fraction of sp³-hybridized carbons (Fsp3) is 0.300. The van der Waals surface area contributed by atoms with Crippen LogP contribution in [0.2, 0.25) is 0 Å². The summed E-state index contributed by atoms with van der Waals surface area (Å²) in [6, 6.07) is 12.0. The zero-order valence-corrected chi connectivity index (χ0v) is 8.90. The number of benzene rings is 1. The van der Waals surface area contributed by atoms with Crippen molar-refractivity contribution in [2.24, 2.45) is 0 Å². The molecule has 0 aliphatic heterocycles. The van der Waals surface area contributed by atoms with Crippen molar-refractivity contribution in [3.8, 4) is 6.07 Å². The Morgan fingerprint density at radius 3 is 2.54 bits per heavy atom. The van der Waals surface area contributed by atoms with Crippen LogP contribution in [0.3, 0.4) is 0 Å². The van der Waals surface area contributed by atoms with Crippen molar-refractivity contribution in [3.63, 3.8) is 0 Å². The van der Waals surface area contributed by atoms with E-state index in [-0.39, 0.29) is 0 Å². The van der Waals surface area contributed by atoms with Gasteiger partial charge in [-0.1, -0.05) is 18.2 Å². The minimum atomic E-state index is -0.525. The molecule has 1 unspecified atom stereocenters. The molecule has 0 saturated carbocycles. The van der Waals surface area contributed by atoms with E-state index < -0.39 is 4.75 Å². The zero-order valence-electron chi connectivity index (χ0n) is 7.33. The van der Waals surface area contributed by atoms with E-state index in [0.717, 1.165) is 4.90 Å². The number of thioether (sulfide) groups is 1. The topological polar surface area (TPSA) is 23.8 Å².